The fraction of sp³-hybridized carbons (Fsp3) is 0.267. The number of rotatable bonds is 5. The lowest BCUT2D eigenvalue weighted by atomic mass is 10.3. The molecule has 21 heavy (non-hydrogen) atoms. The summed E-state index contributed by atoms with van der Waals surface area (Å²) in [6.07, 6.45) is 2.45. The number of imidazole rings is 1. The summed E-state index contributed by atoms with van der Waals surface area (Å²) in [7, 11) is 0. The average Bonchev–Trinajstić information content (AvgIpc) is 2.98. The molecule has 0 spiro atoms. The molecule has 0 amide bonds. The van der Waals surface area contributed by atoms with Gasteiger partial charge in [0.2, 0.25) is 0 Å². The third kappa shape index (κ3) is 3.00. The first kappa shape index (κ1) is 13.9. The van der Waals surface area contributed by atoms with Gasteiger partial charge in [-0.3, -0.25) is 0 Å². The molecule has 3 rings (SSSR count). The van der Waals surface area contributed by atoms with E-state index in [2.05, 4.69) is 19.9 Å². The maximum Gasteiger partial charge on any atom is 0.182 e. The minimum atomic E-state index is 0.674. The summed E-state index contributed by atoms with van der Waals surface area (Å²) in [5.74, 6) is 1.69. The number of aryl methyl sites for hydroxylation is 1. The largest absolute Gasteiger partial charge is 0.494 e. The van der Waals surface area contributed by atoms with E-state index in [0.29, 0.717) is 6.61 Å². The van der Waals surface area contributed by atoms with Gasteiger partial charge in [0, 0.05) is 11.3 Å². The molecule has 0 saturated carbocycles. The van der Waals surface area contributed by atoms with E-state index in [0.717, 1.165) is 39.1 Å². The Morgan fingerprint density at radius 3 is 2.67 bits per heavy atom. The monoisotopic (exact) mass is 300 g/mol. The molecule has 0 aliphatic carbocycles. The maximum absolute atomic E-state index is 5.45. The smallest absolute Gasteiger partial charge is 0.182 e. The molecule has 6 heteroatoms. The Morgan fingerprint density at radius 2 is 1.95 bits per heavy atom. The molecular weight excluding hydrogens is 284 g/mol. The molecule has 0 fully saturated rings. The molecule has 0 saturated heterocycles. The number of benzene rings is 1. The molecule has 0 aliphatic heterocycles. The molecule has 2 aromatic heterocycles. The Bertz CT molecular complexity index is 739. The number of nitrogens with zero attached hydrogens (tertiary/aromatic N) is 3. The molecule has 0 bridgehead atoms. The Hall–Kier alpha value is -2.08. The number of fused-ring (bicyclic) bond motifs is 1. The fourth-order valence-electron chi connectivity index (χ4n) is 1.96. The highest BCUT2D eigenvalue weighted by atomic mass is 32.2. The second-order valence-corrected chi connectivity index (χ2v) is 5.47. The first-order chi connectivity index (χ1) is 10.3. The molecule has 0 aliphatic rings. The lowest BCUT2D eigenvalue weighted by Gasteiger charge is -2.06. The quantitative estimate of drug-likeness (QED) is 0.731. The summed E-state index contributed by atoms with van der Waals surface area (Å²) in [6, 6.07) is 8.01. The maximum atomic E-state index is 5.45. The Labute approximate surface area is 127 Å². The lowest BCUT2D eigenvalue weighted by Crippen LogP contribution is -1.96. The number of nitrogens with one attached hydrogen (secondary N) is 1. The number of hydrogen-bond donors (Lipinski definition) is 1. The van der Waals surface area contributed by atoms with Crippen LogP contribution in [0.5, 0.6) is 5.75 Å². The number of H-pyrrole nitrogens is 1. The second kappa shape index (κ2) is 6.13. The van der Waals surface area contributed by atoms with Gasteiger partial charge in [0.25, 0.3) is 0 Å². The van der Waals surface area contributed by atoms with Crippen LogP contribution in [-0.2, 0) is 6.42 Å². The summed E-state index contributed by atoms with van der Waals surface area (Å²) < 4.78 is 5.45. The molecule has 0 radical (unpaired) electrons. The van der Waals surface area contributed by atoms with Gasteiger partial charge < -0.3 is 9.72 Å². The van der Waals surface area contributed by atoms with E-state index in [1.807, 2.05) is 38.1 Å². The van der Waals surface area contributed by atoms with Crippen LogP contribution in [0.4, 0.5) is 0 Å². The van der Waals surface area contributed by atoms with E-state index in [1.54, 1.807) is 18.1 Å². The minimum absolute atomic E-state index is 0.674. The molecular formula is C15H16N4OS. The van der Waals surface area contributed by atoms with Crippen molar-refractivity contribution in [3.63, 3.8) is 0 Å². The molecule has 1 aromatic carbocycles. The highest BCUT2D eigenvalue weighted by molar-refractivity contribution is 7.99. The molecule has 108 valence electrons. The first-order valence-electron chi connectivity index (χ1n) is 6.91. The molecule has 1 N–H and O–H groups in total. The third-order valence-corrected chi connectivity index (χ3v) is 3.96. The van der Waals surface area contributed by atoms with Gasteiger partial charge >= 0.3 is 0 Å². The SMILES string of the molecule is CCOc1ccc(Sc2nc(CC)nc3nc[nH]c23)cc1. The van der Waals surface area contributed by atoms with Crippen LogP contribution in [0.2, 0.25) is 0 Å². The van der Waals surface area contributed by atoms with Gasteiger partial charge in [0.05, 0.1) is 12.9 Å². The van der Waals surface area contributed by atoms with Crippen LogP contribution < -0.4 is 4.74 Å². The molecule has 2 heterocycles. The van der Waals surface area contributed by atoms with Gasteiger partial charge in [0.1, 0.15) is 22.1 Å². The summed E-state index contributed by atoms with van der Waals surface area (Å²) in [4.78, 5) is 17.4. The van der Waals surface area contributed by atoms with Crippen molar-refractivity contribution in [1.82, 2.24) is 19.9 Å². The predicted octanol–water partition coefficient (Wildman–Crippen LogP) is 3.47. The van der Waals surface area contributed by atoms with Crippen molar-refractivity contribution >= 4 is 22.9 Å². The molecule has 5 nitrogen and oxygen atoms in total. The van der Waals surface area contributed by atoms with E-state index in [1.165, 1.54) is 0 Å². The van der Waals surface area contributed by atoms with Crippen LogP contribution >= 0.6 is 11.8 Å². The first-order valence-corrected chi connectivity index (χ1v) is 7.72. The van der Waals surface area contributed by atoms with Gasteiger partial charge in [-0.25, -0.2) is 15.0 Å². The lowest BCUT2D eigenvalue weighted by molar-refractivity contribution is 0.340. The summed E-state index contributed by atoms with van der Waals surface area (Å²) in [5.41, 5.74) is 1.60. The number of aromatic nitrogens is 4. The molecule has 3 aromatic rings. The van der Waals surface area contributed by atoms with Gasteiger partial charge in [-0.2, -0.15) is 0 Å². The second-order valence-electron chi connectivity index (χ2n) is 4.41. The van der Waals surface area contributed by atoms with E-state index < -0.39 is 0 Å². The van der Waals surface area contributed by atoms with Crippen molar-refractivity contribution in [2.45, 2.75) is 30.2 Å². The normalized spacial score (nSPS) is 11.0. The highest BCUT2D eigenvalue weighted by Gasteiger charge is 2.10. The Morgan fingerprint density at radius 1 is 1.14 bits per heavy atom. The zero-order valence-electron chi connectivity index (χ0n) is 12.0. The van der Waals surface area contributed by atoms with Crippen molar-refractivity contribution in [1.29, 1.82) is 0 Å². The van der Waals surface area contributed by atoms with Crippen molar-refractivity contribution in [2.24, 2.45) is 0 Å². The van der Waals surface area contributed by atoms with Crippen molar-refractivity contribution in [2.75, 3.05) is 6.61 Å². The van der Waals surface area contributed by atoms with Crippen LogP contribution in [-0.4, -0.2) is 26.5 Å². The zero-order chi connectivity index (χ0) is 14.7. The van der Waals surface area contributed by atoms with Crippen LogP contribution in [0.15, 0.2) is 40.5 Å². The van der Waals surface area contributed by atoms with Crippen LogP contribution in [0, 0.1) is 0 Å². The summed E-state index contributed by atoms with van der Waals surface area (Å²) >= 11 is 1.60. The predicted molar refractivity (Wildman–Crippen MR) is 82.8 cm³/mol. The van der Waals surface area contributed by atoms with Crippen molar-refractivity contribution < 1.29 is 4.74 Å². The number of aromatic amines is 1. The van der Waals surface area contributed by atoms with E-state index >= 15 is 0 Å². The number of hydrogen-bond acceptors (Lipinski definition) is 5. The summed E-state index contributed by atoms with van der Waals surface area (Å²) in [6.45, 7) is 4.69. The van der Waals surface area contributed by atoms with Crippen LogP contribution in [0.1, 0.15) is 19.7 Å². The average molecular weight is 300 g/mol. The van der Waals surface area contributed by atoms with Crippen molar-refractivity contribution in [3.8, 4) is 5.75 Å². The number of ether oxygens (including phenoxy) is 1. The standard InChI is InChI=1S/C15H16N4OS/c1-3-12-18-14-13(16-9-17-14)15(19-12)21-11-7-5-10(6-8-11)20-4-2/h5-9H,3-4H2,1-2H3,(H,16,17,18,19). The van der Waals surface area contributed by atoms with E-state index in [4.69, 9.17) is 4.74 Å². The highest BCUT2D eigenvalue weighted by Crippen LogP contribution is 2.31. The van der Waals surface area contributed by atoms with Gasteiger partial charge in [-0.1, -0.05) is 18.7 Å². The minimum Gasteiger partial charge on any atom is -0.494 e. The van der Waals surface area contributed by atoms with Crippen LogP contribution in [0.25, 0.3) is 11.2 Å². The Kier molecular flexibility index (Phi) is 4.06. The van der Waals surface area contributed by atoms with Crippen molar-refractivity contribution in [3.05, 3.63) is 36.4 Å². The van der Waals surface area contributed by atoms with Gasteiger partial charge in [-0.05, 0) is 31.2 Å². The van der Waals surface area contributed by atoms with Gasteiger partial charge in [0.15, 0.2) is 5.65 Å². The van der Waals surface area contributed by atoms with Crippen LogP contribution in [0.3, 0.4) is 0 Å². The topological polar surface area (TPSA) is 63.7 Å². The molecule has 0 unspecified atom stereocenters. The molecule has 0 atom stereocenters. The fourth-order valence-corrected chi connectivity index (χ4v) is 2.86. The summed E-state index contributed by atoms with van der Waals surface area (Å²) in [5, 5.41) is 0.901. The van der Waals surface area contributed by atoms with E-state index in [9.17, 15) is 0 Å². The Balaban J connectivity index is 1.91. The third-order valence-electron chi connectivity index (χ3n) is 2.96. The zero-order valence-corrected chi connectivity index (χ0v) is 12.8. The van der Waals surface area contributed by atoms with Gasteiger partial charge in [-0.15, -0.1) is 0 Å². The van der Waals surface area contributed by atoms with E-state index in [-0.39, 0.29) is 0 Å².